The van der Waals surface area contributed by atoms with E-state index in [-0.39, 0.29) is 11.6 Å². The smallest absolute Gasteiger partial charge is 0.408 e. The van der Waals surface area contributed by atoms with E-state index in [0.29, 0.717) is 0 Å². The molecule has 8 heteroatoms. The van der Waals surface area contributed by atoms with Crippen molar-refractivity contribution < 1.29 is 29.0 Å². The summed E-state index contributed by atoms with van der Waals surface area (Å²) in [6.07, 6.45) is 3.34. The zero-order valence-electron chi connectivity index (χ0n) is 20.7. The number of carboxylic acid groups (broad SMARTS) is 1. The number of ether oxygens (including phenoxy) is 2. The number of carbonyl (C=O) groups is 3. The summed E-state index contributed by atoms with van der Waals surface area (Å²) in [5.74, 6) is -1.38. The van der Waals surface area contributed by atoms with E-state index in [1.807, 2.05) is 20.8 Å². The number of aryl methyl sites for hydroxylation is 1. The lowest BCUT2D eigenvalue weighted by Crippen LogP contribution is -2.35. The number of carboxylic acids is 1. The Morgan fingerprint density at radius 3 is 2.03 bits per heavy atom. The van der Waals surface area contributed by atoms with E-state index < -0.39 is 24.2 Å². The topological polar surface area (TPSA) is 128 Å². The highest BCUT2D eigenvalue weighted by atomic mass is 16.6. The van der Waals surface area contributed by atoms with Crippen LogP contribution in [0.25, 0.3) is 0 Å². The molecule has 182 valence electrons. The van der Waals surface area contributed by atoms with E-state index in [4.69, 9.17) is 20.3 Å². The van der Waals surface area contributed by atoms with Gasteiger partial charge in [0.15, 0.2) is 0 Å². The van der Waals surface area contributed by atoms with Gasteiger partial charge in [-0.2, -0.15) is 0 Å². The first-order chi connectivity index (χ1) is 14.6. The standard InChI is InChI=1S/C9H13N.C8H14O2.C7H13NO4/c1-8-3-2-4-9(7-8)5-6-10;1-5-6-7(9)10-8(2,3)4;1-7(2,3)12-6(11)8-4-5(9)10/h2-4,7H,5-6,10H2,1H3;5-6H,1-4H3;4H2,1-3H3,(H,8,11)(H,9,10)/b;6-5+;. The van der Waals surface area contributed by atoms with Gasteiger partial charge in [-0.25, -0.2) is 9.59 Å². The molecular formula is C24H40N2O6. The van der Waals surface area contributed by atoms with Crippen LogP contribution in [0.3, 0.4) is 0 Å². The van der Waals surface area contributed by atoms with Gasteiger partial charge in [0.1, 0.15) is 17.7 Å². The van der Waals surface area contributed by atoms with Gasteiger partial charge in [-0.15, -0.1) is 0 Å². The highest BCUT2D eigenvalue weighted by Gasteiger charge is 2.16. The van der Waals surface area contributed by atoms with Crippen LogP contribution in [0.2, 0.25) is 0 Å². The predicted octanol–water partition coefficient (Wildman–Crippen LogP) is 4.00. The molecule has 0 radical (unpaired) electrons. The fraction of sp³-hybridized carbons (Fsp3) is 0.542. The Hall–Kier alpha value is -2.87. The monoisotopic (exact) mass is 452 g/mol. The number of aliphatic carboxylic acids is 1. The summed E-state index contributed by atoms with van der Waals surface area (Å²) in [6, 6.07) is 8.45. The molecule has 0 saturated heterocycles. The van der Waals surface area contributed by atoms with Crippen LogP contribution in [0, 0.1) is 6.92 Å². The number of benzene rings is 1. The molecule has 0 aliphatic carbocycles. The molecule has 4 N–H and O–H groups in total. The number of rotatable bonds is 5. The molecule has 1 aromatic carbocycles. The summed E-state index contributed by atoms with van der Waals surface area (Å²) in [4.78, 5) is 31.5. The van der Waals surface area contributed by atoms with E-state index in [0.717, 1.165) is 13.0 Å². The number of hydrogen-bond donors (Lipinski definition) is 3. The third-order valence-electron chi connectivity index (χ3n) is 3.01. The minimum Gasteiger partial charge on any atom is -0.480 e. The highest BCUT2D eigenvalue weighted by Crippen LogP contribution is 2.07. The Bertz CT molecular complexity index is 731. The normalized spacial score (nSPS) is 10.8. The second kappa shape index (κ2) is 15.9. The van der Waals surface area contributed by atoms with Crippen LogP contribution >= 0.6 is 0 Å². The Kier molecular flexibility index (Phi) is 15.5. The molecule has 0 saturated carbocycles. The van der Waals surface area contributed by atoms with Crippen molar-refractivity contribution in [1.82, 2.24) is 5.32 Å². The predicted molar refractivity (Wildman–Crippen MR) is 126 cm³/mol. The molecule has 1 rings (SSSR count). The lowest BCUT2D eigenvalue weighted by molar-refractivity contribution is -0.148. The van der Waals surface area contributed by atoms with Crippen molar-refractivity contribution in [3.8, 4) is 0 Å². The van der Waals surface area contributed by atoms with Gasteiger partial charge in [-0.1, -0.05) is 35.9 Å². The third-order valence-corrected chi connectivity index (χ3v) is 3.01. The fourth-order valence-electron chi connectivity index (χ4n) is 1.97. The molecule has 1 amide bonds. The number of amides is 1. The Labute approximate surface area is 192 Å². The average Bonchev–Trinajstić information content (AvgIpc) is 2.59. The maximum Gasteiger partial charge on any atom is 0.408 e. The number of allylic oxidation sites excluding steroid dienone is 1. The van der Waals surface area contributed by atoms with Crippen LogP contribution in [0.4, 0.5) is 4.79 Å². The van der Waals surface area contributed by atoms with Gasteiger partial charge in [0.05, 0.1) is 0 Å². The maximum atomic E-state index is 10.8. The van der Waals surface area contributed by atoms with E-state index in [1.165, 1.54) is 17.2 Å². The van der Waals surface area contributed by atoms with Crippen LogP contribution in [-0.4, -0.2) is 47.4 Å². The van der Waals surface area contributed by atoms with Crippen LogP contribution in [0.1, 0.15) is 59.6 Å². The second-order valence-electron chi connectivity index (χ2n) is 8.81. The first-order valence-electron chi connectivity index (χ1n) is 10.4. The highest BCUT2D eigenvalue weighted by molar-refractivity contribution is 5.82. The van der Waals surface area contributed by atoms with Crippen molar-refractivity contribution in [2.45, 2.75) is 73.0 Å². The third kappa shape index (κ3) is 23.4. The first kappa shape index (κ1) is 31.3. The lowest BCUT2D eigenvalue weighted by Gasteiger charge is -2.19. The van der Waals surface area contributed by atoms with E-state index in [2.05, 4.69) is 36.5 Å². The summed E-state index contributed by atoms with van der Waals surface area (Å²) in [5.41, 5.74) is 7.08. The molecule has 32 heavy (non-hydrogen) atoms. The SMILES string of the molecule is C/C=C/C(=O)OC(C)(C)C.CC(C)(C)OC(=O)NCC(=O)O.Cc1cccc(CCN)c1. The van der Waals surface area contributed by atoms with E-state index in [1.54, 1.807) is 33.8 Å². The average molecular weight is 453 g/mol. The molecule has 0 spiro atoms. The largest absolute Gasteiger partial charge is 0.480 e. The number of esters is 1. The van der Waals surface area contributed by atoms with Crippen molar-refractivity contribution in [3.05, 3.63) is 47.5 Å². The summed E-state index contributed by atoms with van der Waals surface area (Å²) in [6.45, 7) is 14.8. The van der Waals surface area contributed by atoms with Crippen molar-refractivity contribution in [3.63, 3.8) is 0 Å². The van der Waals surface area contributed by atoms with Gasteiger partial charge in [-0.05, 0) is 73.9 Å². The first-order valence-corrected chi connectivity index (χ1v) is 10.4. The molecule has 0 atom stereocenters. The van der Waals surface area contributed by atoms with Crippen LogP contribution < -0.4 is 11.1 Å². The van der Waals surface area contributed by atoms with E-state index in [9.17, 15) is 14.4 Å². The molecule has 0 fully saturated rings. The minimum atomic E-state index is -1.10. The van der Waals surface area contributed by atoms with Crippen LogP contribution in [0.5, 0.6) is 0 Å². The molecule has 1 aromatic rings. The van der Waals surface area contributed by atoms with E-state index >= 15 is 0 Å². The number of carbonyl (C=O) groups excluding carboxylic acids is 2. The molecule has 0 bridgehead atoms. The summed E-state index contributed by atoms with van der Waals surface area (Å²) in [5, 5.41) is 10.3. The van der Waals surface area contributed by atoms with Crippen molar-refractivity contribution in [2.24, 2.45) is 5.73 Å². The molecular weight excluding hydrogens is 412 g/mol. The number of hydrogen-bond acceptors (Lipinski definition) is 6. The second-order valence-corrected chi connectivity index (χ2v) is 8.81. The zero-order valence-corrected chi connectivity index (χ0v) is 20.7. The Morgan fingerprint density at radius 1 is 1.06 bits per heavy atom. The van der Waals surface area contributed by atoms with Gasteiger partial charge in [0.25, 0.3) is 0 Å². The number of nitrogens with one attached hydrogen (secondary N) is 1. The molecule has 0 heterocycles. The van der Waals surface area contributed by atoms with Gasteiger partial charge in [-0.3, -0.25) is 4.79 Å². The number of nitrogens with two attached hydrogens (primary N) is 1. The van der Waals surface area contributed by atoms with Gasteiger partial charge >= 0.3 is 18.0 Å². The fourth-order valence-corrected chi connectivity index (χ4v) is 1.97. The molecule has 8 nitrogen and oxygen atoms in total. The lowest BCUT2D eigenvalue weighted by atomic mass is 10.1. The van der Waals surface area contributed by atoms with Crippen LogP contribution in [0.15, 0.2) is 36.4 Å². The molecule has 0 aliphatic heterocycles. The van der Waals surface area contributed by atoms with Gasteiger partial charge < -0.3 is 25.6 Å². The van der Waals surface area contributed by atoms with Crippen LogP contribution in [-0.2, 0) is 25.5 Å². The quantitative estimate of drug-likeness (QED) is 0.455. The van der Waals surface area contributed by atoms with Crippen molar-refractivity contribution in [2.75, 3.05) is 13.1 Å². The maximum absolute atomic E-state index is 10.8. The summed E-state index contributed by atoms with van der Waals surface area (Å²) in [7, 11) is 0. The molecule has 0 aliphatic rings. The number of alkyl carbamates (subject to hydrolysis) is 1. The Balaban J connectivity index is 0. The van der Waals surface area contributed by atoms with Gasteiger partial charge in [0, 0.05) is 6.08 Å². The van der Waals surface area contributed by atoms with Gasteiger partial charge in [0.2, 0.25) is 0 Å². The Morgan fingerprint density at radius 2 is 1.62 bits per heavy atom. The summed E-state index contributed by atoms with van der Waals surface area (Å²) >= 11 is 0. The van der Waals surface area contributed by atoms with Crippen molar-refractivity contribution >= 4 is 18.0 Å². The zero-order chi connectivity index (χ0) is 25.4. The van der Waals surface area contributed by atoms with Crippen molar-refractivity contribution in [1.29, 1.82) is 0 Å². The molecule has 0 aromatic heterocycles. The minimum absolute atomic E-state index is 0.282. The molecule has 0 unspecified atom stereocenters. The summed E-state index contributed by atoms with van der Waals surface area (Å²) < 4.78 is 9.73.